The summed E-state index contributed by atoms with van der Waals surface area (Å²) in [4.78, 5) is 20.0. The number of aromatic nitrogens is 2. The Bertz CT molecular complexity index is 667. The molecule has 3 N–H and O–H groups in total. The molecule has 2 aromatic rings. The Morgan fingerprint density at radius 1 is 1.57 bits per heavy atom. The Balaban J connectivity index is 1.69. The van der Waals surface area contributed by atoms with E-state index >= 15 is 0 Å². The molecule has 1 saturated carbocycles. The van der Waals surface area contributed by atoms with Crippen LogP contribution in [0.2, 0.25) is 0 Å². The Hall–Kier alpha value is -2.15. The summed E-state index contributed by atoms with van der Waals surface area (Å²) in [7, 11) is 1.45. The number of rotatable bonds is 6. The Kier molecular flexibility index (Phi) is 3.74. The molecule has 1 fully saturated rings. The average molecular weight is 304 g/mol. The second-order valence-corrected chi connectivity index (χ2v) is 5.84. The number of amides is 1. The third kappa shape index (κ3) is 3.13. The van der Waals surface area contributed by atoms with Crippen molar-refractivity contribution in [1.29, 1.82) is 0 Å². The molecular formula is C14H16N4O2S. The highest BCUT2D eigenvalue weighted by atomic mass is 32.1. The van der Waals surface area contributed by atoms with Crippen molar-refractivity contribution < 1.29 is 9.53 Å². The first-order valence-electron chi connectivity index (χ1n) is 6.69. The van der Waals surface area contributed by atoms with Gasteiger partial charge in [0, 0.05) is 11.3 Å². The van der Waals surface area contributed by atoms with Gasteiger partial charge in [0.15, 0.2) is 0 Å². The van der Waals surface area contributed by atoms with Gasteiger partial charge in [0.05, 0.1) is 36.2 Å². The van der Waals surface area contributed by atoms with E-state index in [-0.39, 0.29) is 11.4 Å². The molecule has 1 aliphatic rings. The van der Waals surface area contributed by atoms with Crippen molar-refractivity contribution in [1.82, 2.24) is 9.97 Å². The minimum Gasteiger partial charge on any atom is -0.480 e. The second kappa shape index (κ2) is 5.69. The largest absolute Gasteiger partial charge is 0.480 e. The molecular weight excluding hydrogens is 288 g/mol. The average Bonchev–Trinajstić information content (AvgIpc) is 3.24. The van der Waals surface area contributed by atoms with Crippen LogP contribution in [0.1, 0.15) is 39.8 Å². The van der Waals surface area contributed by atoms with E-state index in [1.165, 1.54) is 25.0 Å². The van der Waals surface area contributed by atoms with Crippen LogP contribution < -0.4 is 15.8 Å². The maximum Gasteiger partial charge on any atom is 0.254 e. The molecule has 0 spiro atoms. The number of nitrogens with one attached hydrogen (secondary N) is 1. The van der Waals surface area contributed by atoms with Gasteiger partial charge < -0.3 is 15.8 Å². The predicted octanol–water partition coefficient (Wildman–Crippen LogP) is 2.14. The van der Waals surface area contributed by atoms with Crippen LogP contribution in [0.15, 0.2) is 17.6 Å². The smallest absolute Gasteiger partial charge is 0.254 e. The molecule has 1 aliphatic carbocycles. The lowest BCUT2D eigenvalue weighted by molar-refractivity contribution is 0.0996. The minimum absolute atomic E-state index is 0.234. The topological polar surface area (TPSA) is 90.1 Å². The van der Waals surface area contributed by atoms with Crippen LogP contribution in [-0.4, -0.2) is 23.0 Å². The molecule has 1 amide bonds. The van der Waals surface area contributed by atoms with Crippen molar-refractivity contribution in [3.63, 3.8) is 0 Å². The van der Waals surface area contributed by atoms with E-state index in [2.05, 4.69) is 20.7 Å². The van der Waals surface area contributed by atoms with Crippen LogP contribution in [0.5, 0.6) is 5.88 Å². The normalized spacial score (nSPS) is 14.0. The fourth-order valence-electron chi connectivity index (χ4n) is 2.00. The fraction of sp³-hybridized carbons (Fsp3) is 0.357. The third-order valence-electron chi connectivity index (χ3n) is 3.28. The summed E-state index contributed by atoms with van der Waals surface area (Å²) in [6, 6.07) is 1.64. The van der Waals surface area contributed by atoms with Crippen molar-refractivity contribution in [3.8, 4) is 5.88 Å². The predicted molar refractivity (Wildman–Crippen MR) is 80.7 cm³/mol. The number of hydrogen-bond acceptors (Lipinski definition) is 6. The molecule has 2 heterocycles. The Morgan fingerprint density at radius 2 is 2.38 bits per heavy atom. The molecule has 3 rings (SSSR count). The Morgan fingerprint density at radius 3 is 3.05 bits per heavy atom. The fourth-order valence-corrected chi connectivity index (χ4v) is 2.99. The quantitative estimate of drug-likeness (QED) is 0.853. The lowest BCUT2D eigenvalue weighted by atomic mass is 10.2. The van der Waals surface area contributed by atoms with Crippen molar-refractivity contribution in [2.24, 2.45) is 5.73 Å². The summed E-state index contributed by atoms with van der Waals surface area (Å²) in [6.45, 7) is 0.593. The van der Waals surface area contributed by atoms with Crippen LogP contribution in [0.3, 0.4) is 0 Å². The summed E-state index contributed by atoms with van der Waals surface area (Å²) in [5, 5.41) is 6.48. The van der Waals surface area contributed by atoms with Gasteiger partial charge in [0.25, 0.3) is 5.91 Å². The molecule has 7 heteroatoms. The summed E-state index contributed by atoms with van der Waals surface area (Å²) < 4.78 is 5.01. The number of hydrogen-bond donors (Lipinski definition) is 2. The minimum atomic E-state index is -0.562. The summed E-state index contributed by atoms with van der Waals surface area (Å²) in [5.41, 5.74) is 7.29. The van der Waals surface area contributed by atoms with Gasteiger partial charge in [-0.2, -0.15) is 0 Å². The van der Waals surface area contributed by atoms with Crippen LogP contribution >= 0.6 is 11.3 Å². The van der Waals surface area contributed by atoms with Crippen LogP contribution in [-0.2, 0) is 6.54 Å². The van der Waals surface area contributed by atoms with E-state index < -0.39 is 5.91 Å². The highest BCUT2D eigenvalue weighted by molar-refractivity contribution is 7.09. The molecule has 0 aliphatic heterocycles. The van der Waals surface area contributed by atoms with E-state index in [9.17, 15) is 4.79 Å². The number of carbonyl (C=O) groups is 1. The van der Waals surface area contributed by atoms with Crippen LogP contribution in [0.4, 0.5) is 5.69 Å². The summed E-state index contributed by atoms with van der Waals surface area (Å²) in [5.74, 6) is 0.346. The molecule has 0 bridgehead atoms. The molecule has 0 aromatic carbocycles. The van der Waals surface area contributed by atoms with E-state index in [1.54, 1.807) is 23.6 Å². The van der Waals surface area contributed by atoms with Crippen molar-refractivity contribution in [2.45, 2.75) is 25.3 Å². The van der Waals surface area contributed by atoms with Crippen LogP contribution in [0.25, 0.3) is 0 Å². The van der Waals surface area contributed by atoms with Gasteiger partial charge in [-0.25, -0.2) is 9.97 Å². The molecule has 0 saturated heterocycles. The highest BCUT2D eigenvalue weighted by Gasteiger charge is 2.26. The summed E-state index contributed by atoms with van der Waals surface area (Å²) >= 11 is 1.71. The lowest BCUT2D eigenvalue weighted by Gasteiger charge is -2.08. The van der Waals surface area contributed by atoms with Gasteiger partial charge in [0.2, 0.25) is 5.88 Å². The zero-order valence-electron chi connectivity index (χ0n) is 11.6. The van der Waals surface area contributed by atoms with Gasteiger partial charge >= 0.3 is 0 Å². The second-order valence-electron chi connectivity index (χ2n) is 4.95. The molecule has 6 nitrogen and oxygen atoms in total. The third-order valence-corrected chi connectivity index (χ3v) is 4.34. The van der Waals surface area contributed by atoms with Gasteiger partial charge in [0.1, 0.15) is 5.56 Å². The lowest BCUT2D eigenvalue weighted by Crippen LogP contribution is -2.14. The standard InChI is InChI=1S/C14H16N4O2S/c1-20-13-11(12(15)19)4-9(5-17-13)16-6-10-7-21-14(18-10)8-2-3-8/h4-5,7-8,16H,2-3,6H2,1H3,(H2,15,19). The van der Waals surface area contributed by atoms with E-state index in [0.29, 0.717) is 18.2 Å². The molecule has 0 unspecified atom stereocenters. The monoisotopic (exact) mass is 304 g/mol. The van der Waals surface area contributed by atoms with Gasteiger partial charge in [-0.05, 0) is 18.9 Å². The molecule has 110 valence electrons. The van der Waals surface area contributed by atoms with Crippen LogP contribution in [0, 0.1) is 0 Å². The van der Waals surface area contributed by atoms with Crippen molar-refractivity contribution in [3.05, 3.63) is 33.9 Å². The first-order valence-corrected chi connectivity index (χ1v) is 7.57. The number of thiazole rings is 1. The number of methoxy groups -OCH3 is 1. The van der Waals surface area contributed by atoms with E-state index in [1.807, 2.05) is 0 Å². The SMILES string of the molecule is COc1ncc(NCc2csc(C3CC3)n2)cc1C(N)=O. The maximum atomic E-state index is 11.4. The molecule has 2 aromatic heterocycles. The molecule has 0 radical (unpaired) electrons. The first-order chi connectivity index (χ1) is 10.2. The number of nitrogens with two attached hydrogens (primary N) is 1. The summed E-state index contributed by atoms with van der Waals surface area (Å²) in [6.07, 6.45) is 4.12. The number of carbonyl (C=O) groups excluding carboxylic acids is 1. The van der Waals surface area contributed by atoms with Gasteiger partial charge in [-0.3, -0.25) is 4.79 Å². The van der Waals surface area contributed by atoms with Gasteiger partial charge in [-0.1, -0.05) is 0 Å². The van der Waals surface area contributed by atoms with E-state index in [4.69, 9.17) is 10.5 Å². The Labute approximate surface area is 126 Å². The zero-order valence-corrected chi connectivity index (χ0v) is 12.4. The first kappa shape index (κ1) is 13.8. The zero-order chi connectivity index (χ0) is 14.8. The molecule has 0 atom stereocenters. The van der Waals surface area contributed by atoms with Crippen molar-refractivity contribution >= 4 is 22.9 Å². The molecule has 21 heavy (non-hydrogen) atoms. The maximum absolute atomic E-state index is 11.4. The number of ether oxygens (including phenoxy) is 1. The number of nitrogens with zero attached hydrogens (tertiary/aromatic N) is 2. The highest BCUT2D eigenvalue weighted by Crippen LogP contribution is 2.41. The number of primary amides is 1. The van der Waals surface area contributed by atoms with E-state index in [0.717, 1.165) is 5.69 Å². The number of pyridine rings is 1. The van der Waals surface area contributed by atoms with Gasteiger partial charge in [-0.15, -0.1) is 11.3 Å². The van der Waals surface area contributed by atoms with Crippen molar-refractivity contribution in [2.75, 3.05) is 12.4 Å². The number of anilines is 1.